The smallest absolute Gasteiger partial charge is 0.0954 e. The van der Waals surface area contributed by atoms with E-state index in [1.807, 2.05) is 20.5 Å². The Kier molecular flexibility index (Phi) is 3.53. The first-order valence-electron chi connectivity index (χ1n) is 2.28. The summed E-state index contributed by atoms with van der Waals surface area (Å²) in [5.74, 6) is 0. The Hall–Kier alpha value is 0.350. The molecule has 2 N–H and O–H groups in total. The SMILES string of the molecule is CC(C)OP(C)N. The number of hydrogen-bond donors (Lipinski definition) is 1. The van der Waals surface area contributed by atoms with Gasteiger partial charge < -0.3 is 4.52 Å². The zero-order valence-corrected chi connectivity index (χ0v) is 5.90. The average Bonchev–Trinajstić information content (AvgIpc) is 1.27. The van der Waals surface area contributed by atoms with Crippen molar-refractivity contribution in [2.75, 3.05) is 6.66 Å². The van der Waals surface area contributed by atoms with Crippen molar-refractivity contribution >= 4 is 8.30 Å². The predicted octanol–water partition coefficient (Wildman–Crippen LogP) is 1.31. The minimum absolute atomic E-state index is 0.279. The minimum Gasteiger partial charge on any atom is -0.342 e. The molecule has 1 unspecified atom stereocenters. The number of nitrogens with two attached hydrogens (primary N) is 1. The second-order valence-electron chi connectivity index (χ2n) is 1.70. The summed E-state index contributed by atoms with van der Waals surface area (Å²) >= 11 is 0. The fraction of sp³-hybridized carbons (Fsp3) is 1.00. The maximum Gasteiger partial charge on any atom is 0.0954 e. The van der Waals surface area contributed by atoms with Gasteiger partial charge in [0.25, 0.3) is 0 Å². The molecular weight excluding hydrogens is 109 g/mol. The van der Waals surface area contributed by atoms with Crippen molar-refractivity contribution in [1.29, 1.82) is 0 Å². The fourth-order valence-electron chi connectivity index (χ4n) is 0.333. The van der Waals surface area contributed by atoms with E-state index in [1.54, 1.807) is 0 Å². The summed E-state index contributed by atoms with van der Waals surface area (Å²) in [6, 6.07) is 0. The molecule has 0 aliphatic heterocycles. The van der Waals surface area contributed by atoms with Crippen LogP contribution in [0.25, 0.3) is 0 Å². The van der Waals surface area contributed by atoms with Crippen LogP contribution >= 0.6 is 8.30 Å². The Balaban J connectivity index is 2.95. The molecule has 0 rings (SSSR count). The van der Waals surface area contributed by atoms with E-state index < -0.39 is 8.30 Å². The predicted molar refractivity (Wildman–Crippen MR) is 33.3 cm³/mol. The quantitative estimate of drug-likeness (QED) is 0.559. The topological polar surface area (TPSA) is 35.2 Å². The molecule has 44 valence electrons. The summed E-state index contributed by atoms with van der Waals surface area (Å²) < 4.78 is 5.09. The zero-order chi connectivity index (χ0) is 5.86. The van der Waals surface area contributed by atoms with E-state index in [-0.39, 0.29) is 6.10 Å². The van der Waals surface area contributed by atoms with Crippen LogP contribution in [0.1, 0.15) is 13.8 Å². The van der Waals surface area contributed by atoms with E-state index in [1.165, 1.54) is 0 Å². The molecule has 0 aliphatic rings. The van der Waals surface area contributed by atoms with Crippen LogP contribution in [-0.4, -0.2) is 12.8 Å². The molecule has 2 nitrogen and oxygen atoms in total. The molecule has 0 aromatic heterocycles. The van der Waals surface area contributed by atoms with E-state index >= 15 is 0 Å². The molecule has 0 aliphatic carbocycles. The van der Waals surface area contributed by atoms with Crippen molar-refractivity contribution in [3.8, 4) is 0 Å². The maximum absolute atomic E-state index is 5.34. The first-order valence-corrected chi connectivity index (χ1v) is 4.05. The summed E-state index contributed by atoms with van der Waals surface area (Å²) in [6.07, 6.45) is 0.279. The summed E-state index contributed by atoms with van der Waals surface area (Å²) in [5, 5.41) is 0. The molecule has 0 amide bonds. The second kappa shape index (κ2) is 3.36. The van der Waals surface area contributed by atoms with E-state index in [4.69, 9.17) is 10.0 Å². The molecule has 0 aromatic carbocycles. The van der Waals surface area contributed by atoms with Gasteiger partial charge in [0.1, 0.15) is 0 Å². The van der Waals surface area contributed by atoms with Gasteiger partial charge in [-0.05, 0) is 20.5 Å². The molecule has 7 heavy (non-hydrogen) atoms. The van der Waals surface area contributed by atoms with E-state index in [0.29, 0.717) is 0 Å². The van der Waals surface area contributed by atoms with Crippen LogP contribution in [0.3, 0.4) is 0 Å². The standard InChI is InChI=1S/C4H12NOP/c1-4(2)6-7(3)5/h4H,5H2,1-3H3. The van der Waals surface area contributed by atoms with Gasteiger partial charge in [-0.3, -0.25) is 5.50 Å². The van der Waals surface area contributed by atoms with E-state index in [0.717, 1.165) is 0 Å². The average molecular weight is 121 g/mol. The van der Waals surface area contributed by atoms with Crippen molar-refractivity contribution < 1.29 is 4.52 Å². The van der Waals surface area contributed by atoms with Crippen molar-refractivity contribution in [1.82, 2.24) is 0 Å². The van der Waals surface area contributed by atoms with Gasteiger partial charge in [0, 0.05) is 0 Å². The highest BCUT2D eigenvalue weighted by Crippen LogP contribution is 2.22. The molecule has 0 saturated carbocycles. The van der Waals surface area contributed by atoms with Crippen LogP contribution in [0.2, 0.25) is 0 Å². The third kappa shape index (κ3) is 6.35. The molecular formula is C4H12NOP. The summed E-state index contributed by atoms with van der Waals surface area (Å²) in [5.41, 5.74) is 5.34. The van der Waals surface area contributed by atoms with Gasteiger partial charge in [-0.1, -0.05) is 0 Å². The lowest BCUT2D eigenvalue weighted by atomic mass is 10.5. The van der Waals surface area contributed by atoms with Crippen molar-refractivity contribution in [3.05, 3.63) is 0 Å². The molecule has 3 heteroatoms. The Labute approximate surface area is 45.9 Å². The molecule has 1 atom stereocenters. The van der Waals surface area contributed by atoms with Crippen molar-refractivity contribution in [3.63, 3.8) is 0 Å². The highest BCUT2D eigenvalue weighted by Gasteiger charge is 1.94. The first-order chi connectivity index (χ1) is 3.13. The Morgan fingerprint density at radius 3 is 2.00 bits per heavy atom. The van der Waals surface area contributed by atoms with Gasteiger partial charge in [-0.2, -0.15) is 0 Å². The molecule has 0 aromatic rings. The molecule has 0 bridgehead atoms. The lowest BCUT2D eigenvalue weighted by molar-refractivity contribution is 0.272. The summed E-state index contributed by atoms with van der Waals surface area (Å²) in [6.45, 7) is 5.84. The maximum atomic E-state index is 5.34. The largest absolute Gasteiger partial charge is 0.342 e. The lowest BCUT2D eigenvalue weighted by Gasteiger charge is -2.08. The molecule has 0 spiro atoms. The van der Waals surface area contributed by atoms with Crippen LogP contribution < -0.4 is 5.50 Å². The van der Waals surface area contributed by atoms with E-state index in [2.05, 4.69) is 0 Å². The van der Waals surface area contributed by atoms with Crippen LogP contribution in [0.4, 0.5) is 0 Å². The monoisotopic (exact) mass is 121 g/mol. The van der Waals surface area contributed by atoms with Gasteiger partial charge >= 0.3 is 0 Å². The lowest BCUT2D eigenvalue weighted by Crippen LogP contribution is -2.00. The summed E-state index contributed by atoms with van der Waals surface area (Å²) in [7, 11) is -0.640. The van der Waals surface area contributed by atoms with Gasteiger partial charge in [0.05, 0.1) is 14.4 Å². The number of hydrogen-bond acceptors (Lipinski definition) is 2. The van der Waals surface area contributed by atoms with Gasteiger partial charge in [0.2, 0.25) is 0 Å². The van der Waals surface area contributed by atoms with Crippen LogP contribution in [-0.2, 0) is 4.52 Å². The van der Waals surface area contributed by atoms with Crippen LogP contribution in [0.15, 0.2) is 0 Å². The van der Waals surface area contributed by atoms with Gasteiger partial charge in [-0.25, -0.2) is 0 Å². The van der Waals surface area contributed by atoms with Crippen LogP contribution in [0.5, 0.6) is 0 Å². The number of rotatable bonds is 2. The van der Waals surface area contributed by atoms with Gasteiger partial charge in [-0.15, -0.1) is 0 Å². The third-order valence-corrected chi connectivity index (χ3v) is 1.13. The Bertz CT molecular complexity index is 41.0. The first kappa shape index (κ1) is 7.35. The normalized spacial score (nSPS) is 15.0. The molecule has 0 saturated heterocycles. The Morgan fingerprint density at radius 2 is 2.00 bits per heavy atom. The highest BCUT2D eigenvalue weighted by molar-refractivity contribution is 7.49. The van der Waals surface area contributed by atoms with Crippen LogP contribution in [0, 0.1) is 0 Å². The highest BCUT2D eigenvalue weighted by atomic mass is 31.2. The second-order valence-corrected chi connectivity index (χ2v) is 3.00. The third-order valence-electron chi connectivity index (χ3n) is 0.377. The van der Waals surface area contributed by atoms with Crippen molar-refractivity contribution in [2.45, 2.75) is 20.0 Å². The van der Waals surface area contributed by atoms with E-state index in [9.17, 15) is 0 Å². The summed E-state index contributed by atoms with van der Waals surface area (Å²) in [4.78, 5) is 0. The Morgan fingerprint density at radius 1 is 1.57 bits per heavy atom. The molecule has 0 fully saturated rings. The zero-order valence-electron chi connectivity index (χ0n) is 5.01. The van der Waals surface area contributed by atoms with Gasteiger partial charge in [0.15, 0.2) is 0 Å². The minimum atomic E-state index is -0.640. The molecule has 0 heterocycles. The fourth-order valence-corrected chi connectivity index (χ4v) is 0.998. The van der Waals surface area contributed by atoms with Crippen molar-refractivity contribution in [2.24, 2.45) is 5.50 Å². The molecule has 0 radical (unpaired) electrons.